The summed E-state index contributed by atoms with van der Waals surface area (Å²) in [5.74, 6) is 0.695. The molecule has 0 bridgehead atoms. The van der Waals surface area contributed by atoms with Crippen LogP contribution in [0.15, 0.2) is 24.3 Å². The van der Waals surface area contributed by atoms with Crippen LogP contribution in [0.4, 0.5) is 0 Å². The number of carbonyl (C=O) groups is 1. The van der Waals surface area contributed by atoms with Gasteiger partial charge in [0.05, 0.1) is 13.2 Å². The van der Waals surface area contributed by atoms with Gasteiger partial charge in [0.25, 0.3) is 0 Å². The first-order chi connectivity index (χ1) is 8.20. The largest absolute Gasteiger partial charge is 0.497 e. The molecule has 4 nitrogen and oxygen atoms in total. The maximum atomic E-state index is 11.4. The normalized spacial score (nSPS) is 21.1. The standard InChI is InChI=1S/C13H17NO3/c1-17-11-4-2-3-9(7-11)12(15)8-10-5-6-14-13(10)16/h2-4,7,10,12,15H,5-6,8H2,1H3,(H,14,16). The quantitative estimate of drug-likeness (QED) is 0.826. The fourth-order valence-electron chi connectivity index (χ4n) is 2.12. The first kappa shape index (κ1) is 11.9. The smallest absolute Gasteiger partial charge is 0.223 e. The van der Waals surface area contributed by atoms with Gasteiger partial charge in [-0.1, -0.05) is 12.1 Å². The van der Waals surface area contributed by atoms with Crippen molar-refractivity contribution in [3.63, 3.8) is 0 Å². The Hall–Kier alpha value is -1.55. The van der Waals surface area contributed by atoms with Gasteiger partial charge in [-0.15, -0.1) is 0 Å². The van der Waals surface area contributed by atoms with Crippen LogP contribution in [0.1, 0.15) is 24.5 Å². The van der Waals surface area contributed by atoms with Crippen LogP contribution in [-0.2, 0) is 4.79 Å². The van der Waals surface area contributed by atoms with Crippen molar-refractivity contribution in [1.29, 1.82) is 0 Å². The zero-order valence-electron chi connectivity index (χ0n) is 9.85. The molecule has 0 aromatic heterocycles. The zero-order valence-corrected chi connectivity index (χ0v) is 9.85. The average molecular weight is 235 g/mol. The minimum atomic E-state index is -0.612. The lowest BCUT2D eigenvalue weighted by Gasteiger charge is -2.14. The fourth-order valence-corrected chi connectivity index (χ4v) is 2.12. The van der Waals surface area contributed by atoms with Crippen molar-refractivity contribution in [1.82, 2.24) is 5.32 Å². The van der Waals surface area contributed by atoms with Crippen molar-refractivity contribution in [3.05, 3.63) is 29.8 Å². The molecule has 1 amide bonds. The predicted molar refractivity (Wildman–Crippen MR) is 63.7 cm³/mol. The van der Waals surface area contributed by atoms with E-state index in [0.717, 1.165) is 17.7 Å². The Labute approximate surface area is 101 Å². The van der Waals surface area contributed by atoms with Gasteiger partial charge in [-0.3, -0.25) is 4.79 Å². The van der Waals surface area contributed by atoms with Crippen LogP contribution in [-0.4, -0.2) is 24.7 Å². The molecule has 1 aliphatic rings. The third kappa shape index (κ3) is 2.77. The lowest BCUT2D eigenvalue weighted by molar-refractivity contribution is -0.123. The second-order valence-corrected chi connectivity index (χ2v) is 4.30. The van der Waals surface area contributed by atoms with Gasteiger partial charge in [-0.2, -0.15) is 0 Å². The van der Waals surface area contributed by atoms with E-state index in [1.165, 1.54) is 0 Å². The summed E-state index contributed by atoms with van der Waals surface area (Å²) in [6, 6.07) is 7.32. The van der Waals surface area contributed by atoms with E-state index < -0.39 is 6.10 Å². The Balaban J connectivity index is 2.03. The van der Waals surface area contributed by atoms with Crippen LogP contribution in [0.3, 0.4) is 0 Å². The van der Waals surface area contributed by atoms with E-state index in [9.17, 15) is 9.90 Å². The van der Waals surface area contributed by atoms with Gasteiger partial charge in [0, 0.05) is 12.5 Å². The number of ether oxygens (including phenoxy) is 1. The molecule has 1 heterocycles. The van der Waals surface area contributed by atoms with Gasteiger partial charge in [0.15, 0.2) is 0 Å². The van der Waals surface area contributed by atoms with Gasteiger partial charge in [-0.05, 0) is 30.5 Å². The molecule has 0 aliphatic carbocycles. The van der Waals surface area contributed by atoms with Gasteiger partial charge in [0.2, 0.25) is 5.91 Å². The first-order valence-electron chi connectivity index (χ1n) is 5.80. The van der Waals surface area contributed by atoms with Crippen molar-refractivity contribution in [3.8, 4) is 5.75 Å². The van der Waals surface area contributed by atoms with Gasteiger partial charge < -0.3 is 15.2 Å². The van der Waals surface area contributed by atoms with Crippen molar-refractivity contribution >= 4 is 5.91 Å². The number of amides is 1. The van der Waals surface area contributed by atoms with E-state index in [4.69, 9.17) is 4.74 Å². The van der Waals surface area contributed by atoms with E-state index >= 15 is 0 Å². The Morgan fingerprint density at radius 3 is 3.06 bits per heavy atom. The van der Waals surface area contributed by atoms with E-state index in [1.807, 2.05) is 18.2 Å². The number of hydrogen-bond donors (Lipinski definition) is 2. The maximum Gasteiger partial charge on any atom is 0.223 e. The van der Waals surface area contributed by atoms with Gasteiger partial charge in [0.1, 0.15) is 5.75 Å². The highest BCUT2D eigenvalue weighted by Crippen LogP contribution is 2.27. The summed E-state index contributed by atoms with van der Waals surface area (Å²) < 4.78 is 5.11. The predicted octanol–water partition coefficient (Wildman–Crippen LogP) is 1.25. The van der Waals surface area contributed by atoms with Crippen molar-refractivity contribution in [2.75, 3.05) is 13.7 Å². The molecule has 4 heteroatoms. The monoisotopic (exact) mass is 235 g/mol. The lowest BCUT2D eigenvalue weighted by atomic mass is 9.96. The number of aliphatic hydroxyl groups is 1. The molecular formula is C13H17NO3. The summed E-state index contributed by atoms with van der Waals surface area (Å²) in [7, 11) is 1.59. The van der Waals surface area contributed by atoms with Crippen molar-refractivity contribution in [2.24, 2.45) is 5.92 Å². The van der Waals surface area contributed by atoms with Crippen LogP contribution >= 0.6 is 0 Å². The second-order valence-electron chi connectivity index (χ2n) is 4.30. The molecule has 1 fully saturated rings. The number of rotatable bonds is 4. The van der Waals surface area contributed by atoms with E-state index in [0.29, 0.717) is 13.0 Å². The second kappa shape index (κ2) is 5.19. The molecule has 92 valence electrons. The molecule has 0 spiro atoms. The Morgan fingerprint density at radius 1 is 1.59 bits per heavy atom. The molecule has 1 saturated heterocycles. The molecule has 1 aromatic carbocycles. The molecule has 2 unspecified atom stereocenters. The summed E-state index contributed by atoms with van der Waals surface area (Å²) in [5.41, 5.74) is 0.795. The molecule has 0 saturated carbocycles. The van der Waals surface area contributed by atoms with Crippen LogP contribution in [0.5, 0.6) is 5.75 Å². The molecule has 2 rings (SSSR count). The third-order valence-electron chi connectivity index (χ3n) is 3.15. The summed E-state index contributed by atoms with van der Waals surface area (Å²) in [4.78, 5) is 11.4. The van der Waals surface area contributed by atoms with Crippen LogP contribution < -0.4 is 10.1 Å². The number of benzene rings is 1. The minimum Gasteiger partial charge on any atom is -0.497 e. The van der Waals surface area contributed by atoms with Crippen molar-refractivity contribution < 1.29 is 14.6 Å². The summed E-state index contributed by atoms with van der Waals surface area (Å²) >= 11 is 0. The van der Waals surface area contributed by atoms with Crippen molar-refractivity contribution in [2.45, 2.75) is 18.9 Å². The molecule has 2 N–H and O–H groups in total. The fraction of sp³-hybridized carbons (Fsp3) is 0.462. The van der Waals surface area contributed by atoms with Crippen LogP contribution in [0, 0.1) is 5.92 Å². The summed E-state index contributed by atoms with van der Waals surface area (Å²) in [6.45, 7) is 0.717. The SMILES string of the molecule is COc1cccc(C(O)CC2CCNC2=O)c1. The summed E-state index contributed by atoms with van der Waals surface area (Å²) in [5, 5.41) is 12.9. The maximum absolute atomic E-state index is 11.4. The number of methoxy groups -OCH3 is 1. The van der Waals surface area contributed by atoms with E-state index in [1.54, 1.807) is 13.2 Å². The molecule has 17 heavy (non-hydrogen) atoms. The topological polar surface area (TPSA) is 58.6 Å². The Morgan fingerprint density at radius 2 is 2.41 bits per heavy atom. The molecular weight excluding hydrogens is 218 g/mol. The Bertz CT molecular complexity index is 405. The van der Waals surface area contributed by atoms with Gasteiger partial charge in [-0.25, -0.2) is 0 Å². The number of aliphatic hydroxyl groups excluding tert-OH is 1. The highest BCUT2D eigenvalue weighted by atomic mass is 16.5. The van der Waals surface area contributed by atoms with E-state index in [2.05, 4.69) is 5.32 Å². The minimum absolute atomic E-state index is 0.0481. The highest BCUT2D eigenvalue weighted by Gasteiger charge is 2.26. The number of hydrogen-bond acceptors (Lipinski definition) is 3. The Kier molecular flexibility index (Phi) is 3.64. The zero-order chi connectivity index (χ0) is 12.3. The molecule has 0 radical (unpaired) electrons. The van der Waals surface area contributed by atoms with Gasteiger partial charge >= 0.3 is 0 Å². The first-order valence-corrected chi connectivity index (χ1v) is 5.80. The molecule has 2 atom stereocenters. The summed E-state index contributed by atoms with van der Waals surface area (Å²) in [6.07, 6.45) is 0.665. The number of carbonyl (C=O) groups excluding carboxylic acids is 1. The highest BCUT2D eigenvalue weighted by molar-refractivity contribution is 5.80. The van der Waals surface area contributed by atoms with Crippen LogP contribution in [0.2, 0.25) is 0 Å². The molecule has 1 aromatic rings. The van der Waals surface area contributed by atoms with Crippen LogP contribution in [0.25, 0.3) is 0 Å². The third-order valence-corrected chi connectivity index (χ3v) is 3.15. The number of nitrogens with one attached hydrogen (secondary N) is 1. The average Bonchev–Trinajstić information content (AvgIpc) is 2.75. The van der Waals surface area contributed by atoms with E-state index in [-0.39, 0.29) is 11.8 Å². The molecule has 1 aliphatic heterocycles. The lowest BCUT2D eigenvalue weighted by Crippen LogP contribution is -2.20.